The van der Waals surface area contributed by atoms with E-state index in [0.717, 1.165) is 24.5 Å². The van der Waals surface area contributed by atoms with Gasteiger partial charge in [-0.15, -0.1) is 10.2 Å². The number of methoxy groups -OCH3 is 2. The number of ketones is 1. The molecule has 0 N–H and O–H groups in total. The molecule has 0 bridgehead atoms. The van der Waals surface area contributed by atoms with Gasteiger partial charge in [-0.2, -0.15) is 0 Å². The summed E-state index contributed by atoms with van der Waals surface area (Å²) in [6, 6.07) is 8.68. The number of carbonyl (C=O) groups excluding carboxylic acids is 1. The first-order valence-electron chi connectivity index (χ1n) is 8.76. The van der Waals surface area contributed by atoms with Crippen LogP contribution in [-0.2, 0) is 0 Å². The van der Waals surface area contributed by atoms with E-state index in [1.807, 2.05) is 12.1 Å². The molecule has 0 aliphatic carbocycles. The van der Waals surface area contributed by atoms with Crippen molar-refractivity contribution in [2.45, 2.75) is 19.8 Å². The molecule has 6 nitrogen and oxygen atoms in total. The SMILES string of the molecule is COc1cc(N2CCCC2)c(OC)cc1/N=N/c1ccc(C(C)=O)cc1Cl. The van der Waals surface area contributed by atoms with Crippen LogP contribution in [0.5, 0.6) is 11.5 Å². The van der Waals surface area contributed by atoms with E-state index in [9.17, 15) is 4.79 Å². The molecule has 2 aromatic carbocycles. The van der Waals surface area contributed by atoms with Crippen molar-refractivity contribution in [1.82, 2.24) is 0 Å². The summed E-state index contributed by atoms with van der Waals surface area (Å²) in [7, 11) is 3.24. The Morgan fingerprint density at radius 1 is 1.00 bits per heavy atom. The molecule has 1 heterocycles. The summed E-state index contributed by atoms with van der Waals surface area (Å²) in [6.45, 7) is 3.49. The van der Waals surface area contributed by atoms with Crippen LogP contribution in [-0.4, -0.2) is 33.1 Å². The summed E-state index contributed by atoms with van der Waals surface area (Å²) in [4.78, 5) is 13.7. The van der Waals surface area contributed by atoms with Crippen molar-refractivity contribution in [3.05, 3.63) is 40.9 Å². The number of ether oxygens (including phenoxy) is 2. The van der Waals surface area contributed by atoms with Crippen LogP contribution in [0, 0.1) is 0 Å². The molecule has 0 atom stereocenters. The van der Waals surface area contributed by atoms with Crippen LogP contribution in [0.3, 0.4) is 0 Å². The highest BCUT2D eigenvalue weighted by molar-refractivity contribution is 6.33. The second-order valence-electron chi connectivity index (χ2n) is 6.31. The number of halogens is 1. The van der Waals surface area contributed by atoms with Crippen LogP contribution in [0.15, 0.2) is 40.6 Å². The smallest absolute Gasteiger partial charge is 0.159 e. The zero-order chi connectivity index (χ0) is 19.4. The van der Waals surface area contributed by atoms with Crippen molar-refractivity contribution in [3.63, 3.8) is 0 Å². The van der Waals surface area contributed by atoms with E-state index >= 15 is 0 Å². The monoisotopic (exact) mass is 387 g/mol. The highest BCUT2D eigenvalue weighted by Crippen LogP contribution is 2.41. The molecule has 0 saturated carbocycles. The number of azo groups is 1. The summed E-state index contributed by atoms with van der Waals surface area (Å²) < 4.78 is 11.1. The van der Waals surface area contributed by atoms with E-state index in [0.29, 0.717) is 27.7 Å². The van der Waals surface area contributed by atoms with Gasteiger partial charge in [-0.25, -0.2) is 0 Å². The summed E-state index contributed by atoms with van der Waals surface area (Å²) in [6.07, 6.45) is 2.34. The maximum atomic E-state index is 11.4. The number of carbonyl (C=O) groups is 1. The van der Waals surface area contributed by atoms with Gasteiger partial charge in [0.25, 0.3) is 0 Å². The number of anilines is 1. The minimum Gasteiger partial charge on any atom is -0.494 e. The maximum Gasteiger partial charge on any atom is 0.159 e. The molecule has 0 unspecified atom stereocenters. The lowest BCUT2D eigenvalue weighted by Gasteiger charge is -2.21. The molecular formula is C20H22ClN3O3. The summed E-state index contributed by atoms with van der Waals surface area (Å²) in [5, 5.41) is 8.88. The minimum atomic E-state index is -0.0516. The first kappa shape index (κ1) is 19.2. The van der Waals surface area contributed by atoms with E-state index in [1.165, 1.54) is 19.8 Å². The molecule has 142 valence electrons. The molecule has 1 aliphatic rings. The Hall–Kier alpha value is -2.60. The van der Waals surface area contributed by atoms with Crippen molar-refractivity contribution >= 4 is 34.4 Å². The third kappa shape index (κ3) is 4.22. The van der Waals surface area contributed by atoms with Crippen molar-refractivity contribution < 1.29 is 14.3 Å². The molecule has 0 amide bonds. The van der Waals surface area contributed by atoms with Crippen LogP contribution in [0.25, 0.3) is 0 Å². The zero-order valence-corrected chi connectivity index (χ0v) is 16.4. The normalized spacial score (nSPS) is 14.0. The van der Waals surface area contributed by atoms with Gasteiger partial charge in [-0.3, -0.25) is 4.79 Å². The van der Waals surface area contributed by atoms with E-state index in [1.54, 1.807) is 32.4 Å². The predicted molar refractivity (Wildman–Crippen MR) is 107 cm³/mol. The number of hydrogen-bond donors (Lipinski definition) is 0. The van der Waals surface area contributed by atoms with Gasteiger partial charge < -0.3 is 14.4 Å². The molecule has 27 heavy (non-hydrogen) atoms. The second-order valence-corrected chi connectivity index (χ2v) is 6.72. The van der Waals surface area contributed by atoms with Crippen molar-refractivity contribution in [2.24, 2.45) is 10.2 Å². The second kappa shape index (κ2) is 8.39. The van der Waals surface area contributed by atoms with Crippen molar-refractivity contribution in [1.29, 1.82) is 0 Å². The van der Waals surface area contributed by atoms with Crippen LogP contribution in [0.1, 0.15) is 30.1 Å². The Balaban J connectivity index is 1.94. The van der Waals surface area contributed by atoms with Gasteiger partial charge in [0.15, 0.2) is 5.78 Å². The highest BCUT2D eigenvalue weighted by Gasteiger charge is 2.19. The number of rotatable bonds is 6. The van der Waals surface area contributed by atoms with Gasteiger partial charge in [0.2, 0.25) is 0 Å². The number of benzene rings is 2. The number of hydrogen-bond acceptors (Lipinski definition) is 6. The van der Waals surface area contributed by atoms with Gasteiger partial charge in [0, 0.05) is 30.8 Å². The lowest BCUT2D eigenvalue weighted by molar-refractivity contribution is 0.101. The fourth-order valence-electron chi connectivity index (χ4n) is 3.06. The lowest BCUT2D eigenvalue weighted by Crippen LogP contribution is -2.18. The van der Waals surface area contributed by atoms with E-state index < -0.39 is 0 Å². The van der Waals surface area contributed by atoms with Crippen molar-refractivity contribution in [3.8, 4) is 11.5 Å². The molecular weight excluding hydrogens is 366 g/mol. The number of nitrogens with zero attached hydrogens (tertiary/aromatic N) is 3. The summed E-state index contributed by atoms with van der Waals surface area (Å²) >= 11 is 6.21. The lowest BCUT2D eigenvalue weighted by atomic mass is 10.1. The minimum absolute atomic E-state index is 0.0516. The molecule has 0 aromatic heterocycles. The molecule has 2 aromatic rings. The largest absolute Gasteiger partial charge is 0.494 e. The van der Waals surface area contributed by atoms with Gasteiger partial charge in [-0.05, 0) is 38.0 Å². The van der Waals surface area contributed by atoms with Gasteiger partial charge in [0.1, 0.15) is 22.9 Å². The molecule has 3 rings (SSSR count). The third-order valence-electron chi connectivity index (χ3n) is 4.55. The topological polar surface area (TPSA) is 63.5 Å². The average Bonchev–Trinajstić information content (AvgIpc) is 3.20. The van der Waals surface area contributed by atoms with E-state index in [-0.39, 0.29) is 5.78 Å². The Bertz CT molecular complexity index is 877. The Morgan fingerprint density at radius 3 is 2.26 bits per heavy atom. The van der Waals surface area contributed by atoms with Crippen LogP contribution in [0.2, 0.25) is 5.02 Å². The third-order valence-corrected chi connectivity index (χ3v) is 4.85. The van der Waals surface area contributed by atoms with Gasteiger partial charge >= 0.3 is 0 Å². The fourth-order valence-corrected chi connectivity index (χ4v) is 3.28. The maximum absolute atomic E-state index is 11.4. The Kier molecular flexibility index (Phi) is 5.96. The number of Topliss-reactive ketones (excluding diaryl/α,β-unsaturated/α-hetero) is 1. The zero-order valence-electron chi connectivity index (χ0n) is 15.7. The molecule has 1 aliphatic heterocycles. The quantitative estimate of drug-likeness (QED) is 0.479. The molecule has 1 fully saturated rings. The van der Waals surface area contributed by atoms with Gasteiger partial charge in [-0.1, -0.05) is 11.6 Å². The van der Waals surface area contributed by atoms with Crippen molar-refractivity contribution in [2.75, 3.05) is 32.2 Å². The van der Waals surface area contributed by atoms with E-state index in [4.69, 9.17) is 21.1 Å². The molecule has 1 saturated heterocycles. The summed E-state index contributed by atoms with van der Waals surface area (Å²) in [5.74, 6) is 1.28. The standard InChI is InChI=1S/C20H22ClN3O3/c1-13(25)14-6-7-16(15(21)10-14)22-23-17-11-20(27-3)18(12-19(17)26-2)24-8-4-5-9-24/h6-7,10-12H,4-5,8-9H2,1-3H3/b23-22+. The van der Waals surface area contributed by atoms with Gasteiger partial charge in [0.05, 0.1) is 24.9 Å². The summed E-state index contributed by atoms with van der Waals surface area (Å²) in [5.41, 5.74) is 2.55. The van der Waals surface area contributed by atoms with Crippen LogP contribution < -0.4 is 14.4 Å². The molecule has 0 spiro atoms. The first-order chi connectivity index (χ1) is 13.0. The Labute approximate surface area is 163 Å². The fraction of sp³-hybridized carbons (Fsp3) is 0.350. The molecule has 0 radical (unpaired) electrons. The first-order valence-corrected chi connectivity index (χ1v) is 9.14. The molecule has 7 heteroatoms. The van der Waals surface area contributed by atoms with Crippen LogP contribution in [0.4, 0.5) is 17.1 Å². The average molecular weight is 388 g/mol. The Morgan fingerprint density at radius 2 is 1.67 bits per heavy atom. The van der Waals surface area contributed by atoms with E-state index in [2.05, 4.69) is 15.1 Å². The predicted octanol–water partition coefficient (Wildman–Crippen LogP) is 5.58. The van der Waals surface area contributed by atoms with Crippen LogP contribution >= 0.6 is 11.6 Å². The highest BCUT2D eigenvalue weighted by atomic mass is 35.5.